The summed E-state index contributed by atoms with van der Waals surface area (Å²) in [4.78, 5) is 25.8. The molecule has 0 spiro atoms. The molecule has 0 unspecified atom stereocenters. The number of thiophene rings is 1. The van der Waals surface area contributed by atoms with Gasteiger partial charge in [0, 0.05) is 10.3 Å². The van der Waals surface area contributed by atoms with E-state index in [1.165, 1.54) is 29.4 Å². The highest BCUT2D eigenvalue weighted by molar-refractivity contribution is 7.99. The summed E-state index contributed by atoms with van der Waals surface area (Å²) in [5, 5.41) is 11.0. The number of nitrogens with one attached hydrogen (secondary N) is 1. The number of amides is 1. The van der Waals surface area contributed by atoms with Crippen molar-refractivity contribution in [3.05, 3.63) is 40.3 Å². The third kappa shape index (κ3) is 5.08. The van der Waals surface area contributed by atoms with Crippen molar-refractivity contribution in [2.24, 2.45) is 5.41 Å². The van der Waals surface area contributed by atoms with Gasteiger partial charge in [-0.3, -0.25) is 9.59 Å². The largest absolute Gasteiger partial charge is 0.459 e. The van der Waals surface area contributed by atoms with Crippen LogP contribution in [0.3, 0.4) is 0 Å². The third-order valence-electron chi connectivity index (χ3n) is 3.51. The van der Waals surface area contributed by atoms with E-state index in [0.29, 0.717) is 22.4 Å². The molecule has 0 saturated carbocycles. The quantitative estimate of drug-likeness (QED) is 0.468. The van der Waals surface area contributed by atoms with Crippen LogP contribution in [-0.2, 0) is 11.3 Å². The fourth-order valence-corrected chi connectivity index (χ4v) is 3.64. The van der Waals surface area contributed by atoms with Gasteiger partial charge in [-0.15, -0.1) is 21.5 Å². The molecular weight excluding hydrogens is 386 g/mol. The van der Waals surface area contributed by atoms with Crippen molar-refractivity contribution in [2.75, 3.05) is 5.75 Å². The Bertz CT molecular complexity index is 923. The molecule has 9 heteroatoms. The van der Waals surface area contributed by atoms with Crippen molar-refractivity contribution in [3.8, 4) is 11.7 Å². The predicted molar refractivity (Wildman–Crippen MR) is 103 cm³/mol. The highest BCUT2D eigenvalue weighted by Gasteiger charge is 2.21. The summed E-state index contributed by atoms with van der Waals surface area (Å²) in [6.07, 6.45) is 1.52. The van der Waals surface area contributed by atoms with Gasteiger partial charge in [0.05, 0.1) is 23.4 Å². The average molecular weight is 406 g/mol. The zero-order chi connectivity index (χ0) is 19.4. The molecule has 0 saturated heterocycles. The van der Waals surface area contributed by atoms with Gasteiger partial charge < -0.3 is 14.2 Å². The lowest BCUT2D eigenvalue weighted by Gasteiger charge is -2.17. The smallest absolute Gasteiger partial charge is 0.284 e. The fourth-order valence-electron chi connectivity index (χ4n) is 2.02. The maximum absolute atomic E-state index is 12.4. The first-order valence-corrected chi connectivity index (χ1v) is 10.0. The van der Waals surface area contributed by atoms with E-state index in [4.69, 9.17) is 8.83 Å². The maximum atomic E-state index is 12.4. The molecule has 142 valence electrons. The van der Waals surface area contributed by atoms with Crippen LogP contribution in [0, 0.1) is 5.41 Å². The van der Waals surface area contributed by atoms with Crippen LogP contribution in [0.1, 0.15) is 35.3 Å². The minimum Gasteiger partial charge on any atom is -0.459 e. The Hall–Kier alpha value is -2.39. The molecule has 27 heavy (non-hydrogen) atoms. The van der Waals surface area contributed by atoms with Gasteiger partial charge >= 0.3 is 0 Å². The molecule has 3 heterocycles. The summed E-state index contributed by atoms with van der Waals surface area (Å²) >= 11 is 2.55. The molecule has 1 amide bonds. The molecule has 0 aliphatic rings. The second-order valence-corrected chi connectivity index (χ2v) is 8.86. The Labute approximate surface area is 164 Å². The number of ketones is 1. The molecule has 7 nitrogen and oxygen atoms in total. The van der Waals surface area contributed by atoms with Crippen molar-refractivity contribution >= 4 is 34.8 Å². The Morgan fingerprint density at radius 1 is 1.22 bits per heavy atom. The molecule has 0 fully saturated rings. The topological polar surface area (TPSA) is 98.2 Å². The number of hydrogen-bond donors (Lipinski definition) is 1. The summed E-state index contributed by atoms with van der Waals surface area (Å²) in [6, 6.07) is 7.08. The number of Topliss-reactive ketones (excluding diaryl/α,β-unsaturated/α-hetero) is 1. The Kier molecular flexibility index (Phi) is 5.81. The number of aromatic nitrogens is 2. The molecular formula is C18H19N3O4S2. The van der Waals surface area contributed by atoms with E-state index in [9.17, 15) is 9.59 Å². The summed E-state index contributed by atoms with van der Waals surface area (Å²) in [7, 11) is 0. The van der Waals surface area contributed by atoms with Gasteiger partial charge in [0.1, 0.15) is 0 Å². The number of rotatable bonds is 7. The molecule has 3 aromatic heterocycles. The number of nitrogens with zero attached hydrogens (tertiary/aromatic N) is 2. The van der Waals surface area contributed by atoms with Gasteiger partial charge in [-0.05, 0) is 24.3 Å². The van der Waals surface area contributed by atoms with E-state index in [0.717, 1.165) is 4.88 Å². The second-order valence-electron chi connectivity index (χ2n) is 6.76. The number of thioether (sulfide) groups is 1. The van der Waals surface area contributed by atoms with Gasteiger partial charge in [0.15, 0.2) is 11.5 Å². The maximum Gasteiger partial charge on any atom is 0.284 e. The Morgan fingerprint density at radius 2 is 2.04 bits per heavy atom. The van der Waals surface area contributed by atoms with Crippen molar-refractivity contribution < 1.29 is 18.4 Å². The highest BCUT2D eigenvalue weighted by Crippen LogP contribution is 2.25. The van der Waals surface area contributed by atoms with Crippen LogP contribution in [0.5, 0.6) is 0 Å². The molecule has 3 rings (SSSR count). The summed E-state index contributed by atoms with van der Waals surface area (Å²) in [5.74, 6) is 0.900. The molecule has 0 aromatic carbocycles. The first-order chi connectivity index (χ1) is 12.8. The van der Waals surface area contributed by atoms with Crippen LogP contribution in [0.4, 0.5) is 0 Å². The zero-order valence-corrected chi connectivity index (χ0v) is 16.8. The molecule has 0 radical (unpaired) electrons. The monoisotopic (exact) mass is 405 g/mol. The van der Waals surface area contributed by atoms with E-state index >= 15 is 0 Å². The van der Waals surface area contributed by atoms with Crippen molar-refractivity contribution in [1.82, 2.24) is 15.5 Å². The number of carbonyl (C=O) groups excluding carboxylic acids is 2. The standard InChI is InChI=1S/C18H19N3O4S2/c1-18(2,3)16(23)19-9-11-6-7-14(27-11)12(22)10-26-17-21-20-15(25-17)13-5-4-8-24-13/h4-8H,9-10H2,1-3H3,(H,19,23). The summed E-state index contributed by atoms with van der Waals surface area (Å²) in [6.45, 7) is 5.99. The number of furan rings is 1. The van der Waals surface area contributed by atoms with Crippen LogP contribution in [0.15, 0.2) is 44.6 Å². The second kappa shape index (κ2) is 8.10. The van der Waals surface area contributed by atoms with E-state index in [1.807, 2.05) is 26.8 Å². The molecule has 0 aliphatic heterocycles. The van der Waals surface area contributed by atoms with Crippen LogP contribution in [0.2, 0.25) is 0 Å². The van der Waals surface area contributed by atoms with Crippen LogP contribution >= 0.6 is 23.1 Å². The van der Waals surface area contributed by atoms with E-state index in [2.05, 4.69) is 15.5 Å². The molecule has 0 bridgehead atoms. The zero-order valence-electron chi connectivity index (χ0n) is 15.1. The van der Waals surface area contributed by atoms with E-state index in [1.54, 1.807) is 18.2 Å². The summed E-state index contributed by atoms with van der Waals surface area (Å²) in [5.41, 5.74) is -0.439. The highest BCUT2D eigenvalue weighted by atomic mass is 32.2. The first kappa shape index (κ1) is 19.4. The lowest BCUT2D eigenvalue weighted by Crippen LogP contribution is -2.34. The Morgan fingerprint density at radius 3 is 2.74 bits per heavy atom. The lowest BCUT2D eigenvalue weighted by molar-refractivity contribution is -0.128. The third-order valence-corrected chi connectivity index (χ3v) is 5.45. The molecule has 0 aliphatic carbocycles. The van der Waals surface area contributed by atoms with E-state index in [-0.39, 0.29) is 23.3 Å². The van der Waals surface area contributed by atoms with Crippen molar-refractivity contribution in [1.29, 1.82) is 0 Å². The van der Waals surface area contributed by atoms with Crippen LogP contribution in [0.25, 0.3) is 11.7 Å². The molecule has 1 N–H and O–H groups in total. The summed E-state index contributed by atoms with van der Waals surface area (Å²) < 4.78 is 10.7. The van der Waals surface area contributed by atoms with Crippen LogP contribution < -0.4 is 5.32 Å². The van der Waals surface area contributed by atoms with Gasteiger partial charge in [-0.2, -0.15) is 0 Å². The number of carbonyl (C=O) groups is 2. The predicted octanol–water partition coefficient (Wildman–Crippen LogP) is 4.03. The van der Waals surface area contributed by atoms with Crippen molar-refractivity contribution in [3.63, 3.8) is 0 Å². The van der Waals surface area contributed by atoms with Crippen LogP contribution in [-0.4, -0.2) is 27.6 Å². The van der Waals surface area contributed by atoms with Gasteiger partial charge in [0.25, 0.3) is 11.1 Å². The first-order valence-electron chi connectivity index (χ1n) is 8.23. The minimum atomic E-state index is -0.439. The minimum absolute atomic E-state index is 0.0249. The fraction of sp³-hybridized carbons (Fsp3) is 0.333. The Balaban J connectivity index is 1.52. The number of hydrogen-bond acceptors (Lipinski definition) is 8. The lowest BCUT2D eigenvalue weighted by atomic mass is 9.96. The SMILES string of the molecule is CC(C)(C)C(=O)NCc1ccc(C(=O)CSc2nnc(-c3ccco3)o2)s1. The molecule has 0 atom stereocenters. The molecule has 3 aromatic rings. The van der Waals surface area contributed by atoms with Gasteiger partial charge in [-0.25, -0.2) is 0 Å². The van der Waals surface area contributed by atoms with Gasteiger partial charge in [-0.1, -0.05) is 32.5 Å². The van der Waals surface area contributed by atoms with E-state index < -0.39 is 5.41 Å². The average Bonchev–Trinajstić information content (AvgIpc) is 3.37. The van der Waals surface area contributed by atoms with Crippen molar-refractivity contribution in [2.45, 2.75) is 32.5 Å². The van der Waals surface area contributed by atoms with Gasteiger partial charge in [0.2, 0.25) is 5.91 Å². The normalized spacial score (nSPS) is 11.5.